The molecule has 0 aromatic heterocycles. The average molecular weight is 240 g/mol. The Labute approximate surface area is 106 Å². The van der Waals surface area contributed by atoms with Gasteiger partial charge in [0.05, 0.1) is 0 Å². The van der Waals surface area contributed by atoms with Crippen LogP contribution < -0.4 is 5.73 Å². The third-order valence-electron chi connectivity index (χ3n) is 4.16. The van der Waals surface area contributed by atoms with E-state index in [0.717, 1.165) is 19.3 Å². The first kappa shape index (κ1) is 14.5. The van der Waals surface area contributed by atoms with Gasteiger partial charge in [0.15, 0.2) is 0 Å². The molecule has 0 radical (unpaired) electrons. The second-order valence-corrected chi connectivity index (χ2v) is 5.49. The molecule has 100 valence electrons. The topological polar surface area (TPSA) is 46.3 Å². The molecule has 1 fully saturated rings. The van der Waals surface area contributed by atoms with E-state index in [4.69, 9.17) is 5.73 Å². The smallest absolute Gasteiger partial charge is 0.225 e. The Bertz CT molecular complexity index is 242. The van der Waals surface area contributed by atoms with Crippen molar-refractivity contribution < 1.29 is 4.79 Å². The number of hydrogen-bond donors (Lipinski definition) is 1. The van der Waals surface area contributed by atoms with Gasteiger partial charge in [-0.1, -0.05) is 33.1 Å². The zero-order valence-corrected chi connectivity index (χ0v) is 11.6. The van der Waals surface area contributed by atoms with Gasteiger partial charge in [0.25, 0.3) is 0 Å². The second kappa shape index (κ2) is 7.00. The highest BCUT2D eigenvalue weighted by Gasteiger charge is 2.31. The molecule has 0 aliphatic heterocycles. The SMILES string of the molecule is CCCC(C)C(=O)N(C)C1CCCCC1CN. The zero-order valence-electron chi connectivity index (χ0n) is 11.6. The lowest BCUT2D eigenvalue weighted by Crippen LogP contribution is -2.47. The summed E-state index contributed by atoms with van der Waals surface area (Å²) in [5.41, 5.74) is 5.83. The average Bonchev–Trinajstić information content (AvgIpc) is 2.37. The lowest BCUT2D eigenvalue weighted by atomic mass is 9.83. The van der Waals surface area contributed by atoms with Gasteiger partial charge in [-0.3, -0.25) is 4.79 Å². The molecule has 0 spiro atoms. The maximum atomic E-state index is 12.3. The maximum Gasteiger partial charge on any atom is 0.225 e. The molecule has 1 aliphatic rings. The van der Waals surface area contributed by atoms with Crippen LogP contribution in [0.1, 0.15) is 52.4 Å². The van der Waals surface area contributed by atoms with Crippen LogP contribution in [0, 0.1) is 11.8 Å². The Kier molecular flexibility index (Phi) is 5.96. The fourth-order valence-electron chi connectivity index (χ4n) is 3.04. The minimum atomic E-state index is 0.158. The number of amides is 1. The van der Waals surface area contributed by atoms with Crippen molar-refractivity contribution in [3.05, 3.63) is 0 Å². The summed E-state index contributed by atoms with van der Waals surface area (Å²) in [6, 6.07) is 0.376. The highest BCUT2D eigenvalue weighted by molar-refractivity contribution is 5.78. The molecule has 3 atom stereocenters. The predicted molar refractivity (Wildman–Crippen MR) is 71.6 cm³/mol. The third-order valence-corrected chi connectivity index (χ3v) is 4.16. The van der Waals surface area contributed by atoms with Crippen molar-refractivity contribution in [3.63, 3.8) is 0 Å². The number of hydrogen-bond acceptors (Lipinski definition) is 2. The van der Waals surface area contributed by atoms with Crippen molar-refractivity contribution in [1.82, 2.24) is 4.90 Å². The fraction of sp³-hybridized carbons (Fsp3) is 0.929. The molecule has 0 aromatic carbocycles. The van der Waals surface area contributed by atoms with Crippen molar-refractivity contribution in [2.75, 3.05) is 13.6 Å². The Balaban J connectivity index is 2.60. The zero-order chi connectivity index (χ0) is 12.8. The lowest BCUT2D eigenvalue weighted by molar-refractivity contribution is -0.137. The molecule has 1 amide bonds. The predicted octanol–water partition coefficient (Wildman–Crippen LogP) is 2.40. The van der Waals surface area contributed by atoms with E-state index in [-0.39, 0.29) is 5.92 Å². The number of carbonyl (C=O) groups is 1. The van der Waals surface area contributed by atoms with Crippen LogP contribution in [0.25, 0.3) is 0 Å². The van der Waals surface area contributed by atoms with E-state index in [1.807, 2.05) is 18.9 Å². The molecule has 0 bridgehead atoms. The van der Waals surface area contributed by atoms with Crippen LogP contribution in [-0.4, -0.2) is 30.4 Å². The quantitative estimate of drug-likeness (QED) is 0.802. The minimum Gasteiger partial charge on any atom is -0.342 e. The molecule has 1 saturated carbocycles. The minimum absolute atomic E-state index is 0.158. The van der Waals surface area contributed by atoms with E-state index < -0.39 is 0 Å². The van der Waals surface area contributed by atoms with Crippen LogP contribution >= 0.6 is 0 Å². The van der Waals surface area contributed by atoms with Crippen LogP contribution in [0.5, 0.6) is 0 Å². The van der Waals surface area contributed by atoms with E-state index in [9.17, 15) is 4.79 Å². The molecular formula is C14H28N2O. The molecule has 1 aliphatic carbocycles. The summed E-state index contributed by atoms with van der Waals surface area (Å²) >= 11 is 0. The van der Waals surface area contributed by atoms with Gasteiger partial charge < -0.3 is 10.6 Å². The first-order chi connectivity index (χ1) is 8.11. The van der Waals surface area contributed by atoms with E-state index in [0.29, 0.717) is 24.4 Å². The van der Waals surface area contributed by atoms with Crippen LogP contribution in [0.4, 0.5) is 0 Å². The number of rotatable bonds is 5. The standard InChI is InChI=1S/C14H28N2O/c1-4-7-11(2)14(17)16(3)13-9-6-5-8-12(13)10-15/h11-13H,4-10,15H2,1-3H3. The summed E-state index contributed by atoms with van der Waals surface area (Å²) in [6.07, 6.45) is 6.88. The van der Waals surface area contributed by atoms with Crippen LogP contribution in [-0.2, 0) is 4.79 Å². The Morgan fingerprint density at radius 1 is 1.41 bits per heavy atom. The van der Waals surface area contributed by atoms with Crippen molar-refractivity contribution in [1.29, 1.82) is 0 Å². The van der Waals surface area contributed by atoms with E-state index in [2.05, 4.69) is 6.92 Å². The van der Waals surface area contributed by atoms with Crippen LogP contribution in [0.2, 0.25) is 0 Å². The Morgan fingerprint density at radius 3 is 2.65 bits per heavy atom. The van der Waals surface area contributed by atoms with Crippen molar-refractivity contribution in [2.45, 2.75) is 58.4 Å². The molecule has 17 heavy (non-hydrogen) atoms. The highest BCUT2D eigenvalue weighted by Crippen LogP contribution is 2.28. The summed E-state index contributed by atoms with van der Waals surface area (Å²) in [4.78, 5) is 14.3. The second-order valence-electron chi connectivity index (χ2n) is 5.49. The third kappa shape index (κ3) is 3.70. The molecule has 0 saturated heterocycles. The summed E-state index contributed by atoms with van der Waals surface area (Å²) in [6.45, 7) is 4.89. The molecule has 3 unspecified atom stereocenters. The molecule has 0 aromatic rings. The first-order valence-electron chi connectivity index (χ1n) is 7.08. The van der Waals surface area contributed by atoms with Gasteiger partial charge in [-0.2, -0.15) is 0 Å². The fourth-order valence-corrected chi connectivity index (χ4v) is 3.04. The lowest BCUT2D eigenvalue weighted by Gasteiger charge is -2.38. The van der Waals surface area contributed by atoms with Gasteiger partial charge in [-0.25, -0.2) is 0 Å². The largest absolute Gasteiger partial charge is 0.342 e. The molecule has 3 heteroatoms. The van der Waals surface area contributed by atoms with Gasteiger partial charge in [0.1, 0.15) is 0 Å². The molecule has 1 rings (SSSR count). The van der Waals surface area contributed by atoms with Crippen molar-refractivity contribution >= 4 is 5.91 Å². The molecular weight excluding hydrogens is 212 g/mol. The summed E-state index contributed by atoms with van der Waals surface area (Å²) in [5.74, 6) is 0.967. The first-order valence-corrected chi connectivity index (χ1v) is 7.08. The highest BCUT2D eigenvalue weighted by atomic mass is 16.2. The van der Waals surface area contributed by atoms with Gasteiger partial charge in [0, 0.05) is 19.0 Å². The molecule has 2 N–H and O–H groups in total. The van der Waals surface area contributed by atoms with Gasteiger partial charge in [0.2, 0.25) is 5.91 Å². The molecule has 3 nitrogen and oxygen atoms in total. The van der Waals surface area contributed by atoms with Crippen LogP contribution in [0.3, 0.4) is 0 Å². The van der Waals surface area contributed by atoms with E-state index in [1.165, 1.54) is 19.3 Å². The van der Waals surface area contributed by atoms with E-state index in [1.54, 1.807) is 0 Å². The van der Waals surface area contributed by atoms with Crippen LogP contribution in [0.15, 0.2) is 0 Å². The number of carbonyl (C=O) groups excluding carboxylic acids is 1. The summed E-state index contributed by atoms with van der Waals surface area (Å²) < 4.78 is 0. The summed E-state index contributed by atoms with van der Waals surface area (Å²) in [7, 11) is 1.97. The Hall–Kier alpha value is -0.570. The van der Waals surface area contributed by atoms with Gasteiger partial charge >= 0.3 is 0 Å². The van der Waals surface area contributed by atoms with E-state index >= 15 is 0 Å². The summed E-state index contributed by atoms with van der Waals surface area (Å²) in [5, 5.41) is 0. The Morgan fingerprint density at radius 2 is 2.06 bits per heavy atom. The number of nitrogens with two attached hydrogens (primary N) is 1. The maximum absolute atomic E-state index is 12.3. The molecule has 0 heterocycles. The van der Waals surface area contributed by atoms with Crippen molar-refractivity contribution in [2.24, 2.45) is 17.6 Å². The monoisotopic (exact) mass is 240 g/mol. The number of nitrogens with zero attached hydrogens (tertiary/aromatic N) is 1. The van der Waals surface area contributed by atoms with Crippen molar-refractivity contribution in [3.8, 4) is 0 Å². The van der Waals surface area contributed by atoms with Gasteiger partial charge in [-0.15, -0.1) is 0 Å². The normalized spacial score (nSPS) is 26.6. The van der Waals surface area contributed by atoms with Gasteiger partial charge in [-0.05, 0) is 31.7 Å².